The number of hydrogen-bond donors (Lipinski definition) is 1. The molecule has 4 heteroatoms. The summed E-state index contributed by atoms with van der Waals surface area (Å²) in [6.07, 6.45) is 3.65. The Morgan fingerprint density at radius 1 is 1.44 bits per heavy atom. The first-order valence-electron chi connectivity index (χ1n) is 5.91. The van der Waals surface area contributed by atoms with Crippen LogP contribution in [0.5, 0.6) is 0 Å². The molecule has 0 spiro atoms. The molecule has 4 nitrogen and oxygen atoms in total. The van der Waals surface area contributed by atoms with E-state index in [2.05, 4.69) is 23.4 Å². The molecule has 0 saturated carbocycles. The van der Waals surface area contributed by atoms with Gasteiger partial charge in [0.15, 0.2) is 0 Å². The highest BCUT2D eigenvalue weighted by Gasteiger charge is 2.09. The standard InChI is InChI=1S/C14H16N2O2/c1-10(2)16-9-15-8-13(16)12-5-3-4-11(6-12)7-14(17)18/h3-6,8-10H,7H2,1-2H3,(H,17,18). The van der Waals surface area contributed by atoms with E-state index >= 15 is 0 Å². The quantitative estimate of drug-likeness (QED) is 0.899. The normalized spacial score (nSPS) is 10.8. The zero-order valence-corrected chi connectivity index (χ0v) is 10.5. The van der Waals surface area contributed by atoms with E-state index in [1.54, 1.807) is 12.5 Å². The lowest BCUT2D eigenvalue weighted by molar-refractivity contribution is -0.136. The van der Waals surface area contributed by atoms with E-state index in [-0.39, 0.29) is 6.42 Å². The average molecular weight is 244 g/mol. The molecule has 0 aliphatic carbocycles. The maximum Gasteiger partial charge on any atom is 0.307 e. The van der Waals surface area contributed by atoms with E-state index in [1.165, 1.54) is 0 Å². The molecule has 0 radical (unpaired) electrons. The number of benzene rings is 1. The van der Waals surface area contributed by atoms with Crippen molar-refractivity contribution in [2.45, 2.75) is 26.3 Å². The monoisotopic (exact) mass is 244 g/mol. The number of carboxylic acid groups (broad SMARTS) is 1. The first-order chi connectivity index (χ1) is 8.58. The molecular weight excluding hydrogens is 228 g/mol. The van der Waals surface area contributed by atoms with Gasteiger partial charge in [0, 0.05) is 11.6 Å². The summed E-state index contributed by atoms with van der Waals surface area (Å²) in [4.78, 5) is 14.9. The van der Waals surface area contributed by atoms with Crippen molar-refractivity contribution in [2.75, 3.05) is 0 Å². The summed E-state index contributed by atoms with van der Waals surface area (Å²) in [6, 6.07) is 7.91. The predicted molar refractivity (Wildman–Crippen MR) is 69.4 cm³/mol. The molecule has 0 unspecified atom stereocenters. The highest BCUT2D eigenvalue weighted by Crippen LogP contribution is 2.23. The predicted octanol–water partition coefficient (Wildman–Crippen LogP) is 2.76. The van der Waals surface area contributed by atoms with Crippen molar-refractivity contribution in [3.05, 3.63) is 42.4 Å². The van der Waals surface area contributed by atoms with Crippen LogP contribution < -0.4 is 0 Å². The Balaban J connectivity index is 2.38. The minimum Gasteiger partial charge on any atom is -0.481 e. The maximum absolute atomic E-state index is 10.7. The van der Waals surface area contributed by atoms with Crippen molar-refractivity contribution in [1.82, 2.24) is 9.55 Å². The lowest BCUT2D eigenvalue weighted by Gasteiger charge is -2.12. The zero-order valence-electron chi connectivity index (χ0n) is 10.5. The van der Waals surface area contributed by atoms with Gasteiger partial charge >= 0.3 is 5.97 Å². The number of aliphatic carboxylic acids is 1. The van der Waals surface area contributed by atoms with Crippen LogP contribution in [-0.2, 0) is 11.2 Å². The molecule has 0 fully saturated rings. The van der Waals surface area contributed by atoms with Crippen LogP contribution in [0.3, 0.4) is 0 Å². The summed E-state index contributed by atoms with van der Waals surface area (Å²) in [7, 11) is 0. The molecule has 2 aromatic rings. The van der Waals surface area contributed by atoms with Gasteiger partial charge in [-0.05, 0) is 25.5 Å². The van der Waals surface area contributed by atoms with Crippen LogP contribution in [0.15, 0.2) is 36.8 Å². The number of carbonyl (C=O) groups is 1. The van der Waals surface area contributed by atoms with Gasteiger partial charge in [0.2, 0.25) is 0 Å². The molecule has 1 heterocycles. The Hall–Kier alpha value is -2.10. The molecule has 94 valence electrons. The van der Waals surface area contributed by atoms with E-state index in [4.69, 9.17) is 5.11 Å². The molecule has 0 bridgehead atoms. The molecule has 0 aliphatic heterocycles. The molecule has 18 heavy (non-hydrogen) atoms. The van der Waals surface area contributed by atoms with Gasteiger partial charge in [0.1, 0.15) is 0 Å². The smallest absolute Gasteiger partial charge is 0.307 e. The molecule has 0 aliphatic rings. The SMILES string of the molecule is CC(C)n1cncc1-c1cccc(CC(=O)O)c1. The first kappa shape index (κ1) is 12.4. The minimum atomic E-state index is -0.815. The van der Waals surface area contributed by atoms with Crippen molar-refractivity contribution in [3.8, 4) is 11.3 Å². The minimum absolute atomic E-state index is 0.0453. The van der Waals surface area contributed by atoms with Crippen molar-refractivity contribution >= 4 is 5.97 Å². The van der Waals surface area contributed by atoms with Crippen LogP contribution in [-0.4, -0.2) is 20.6 Å². The zero-order chi connectivity index (χ0) is 13.1. The van der Waals surface area contributed by atoms with Gasteiger partial charge in [-0.15, -0.1) is 0 Å². The lowest BCUT2D eigenvalue weighted by Crippen LogP contribution is -2.02. The highest BCUT2D eigenvalue weighted by atomic mass is 16.4. The Morgan fingerprint density at radius 3 is 2.89 bits per heavy atom. The highest BCUT2D eigenvalue weighted by molar-refractivity contribution is 5.71. The number of aromatic nitrogens is 2. The summed E-state index contributed by atoms with van der Waals surface area (Å²) < 4.78 is 2.07. The van der Waals surface area contributed by atoms with Gasteiger partial charge in [-0.2, -0.15) is 0 Å². The third-order valence-corrected chi connectivity index (χ3v) is 2.80. The fourth-order valence-electron chi connectivity index (χ4n) is 1.95. The van der Waals surface area contributed by atoms with Gasteiger partial charge < -0.3 is 9.67 Å². The van der Waals surface area contributed by atoms with Crippen LogP contribution in [0.4, 0.5) is 0 Å². The summed E-state index contributed by atoms with van der Waals surface area (Å²) in [5, 5.41) is 8.81. The van der Waals surface area contributed by atoms with Crippen molar-refractivity contribution in [2.24, 2.45) is 0 Å². The second kappa shape index (κ2) is 5.04. The van der Waals surface area contributed by atoms with Crippen LogP contribution in [0, 0.1) is 0 Å². The molecule has 2 rings (SSSR count). The molecule has 1 N–H and O–H groups in total. The number of rotatable bonds is 4. The molecule has 0 saturated heterocycles. The lowest BCUT2D eigenvalue weighted by atomic mass is 10.1. The molecule has 0 amide bonds. The van der Waals surface area contributed by atoms with Crippen LogP contribution in [0.2, 0.25) is 0 Å². The Kier molecular flexibility index (Phi) is 3.46. The first-order valence-corrected chi connectivity index (χ1v) is 5.91. The topological polar surface area (TPSA) is 55.1 Å². The summed E-state index contributed by atoms with van der Waals surface area (Å²) in [5.74, 6) is -0.815. The van der Waals surface area contributed by atoms with Gasteiger partial charge in [0.05, 0.1) is 24.6 Å². The fourth-order valence-corrected chi connectivity index (χ4v) is 1.95. The number of carboxylic acids is 1. The second-order valence-corrected chi connectivity index (χ2v) is 4.55. The van der Waals surface area contributed by atoms with Crippen LogP contribution in [0.25, 0.3) is 11.3 Å². The Bertz CT molecular complexity index is 558. The largest absolute Gasteiger partial charge is 0.481 e. The van der Waals surface area contributed by atoms with E-state index in [9.17, 15) is 4.79 Å². The van der Waals surface area contributed by atoms with Crippen molar-refractivity contribution < 1.29 is 9.90 Å². The molecule has 1 aromatic carbocycles. The number of hydrogen-bond acceptors (Lipinski definition) is 2. The maximum atomic E-state index is 10.7. The van der Waals surface area contributed by atoms with Gasteiger partial charge in [-0.3, -0.25) is 4.79 Å². The molecular formula is C14H16N2O2. The van der Waals surface area contributed by atoms with Gasteiger partial charge in [-0.1, -0.05) is 18.2 Å². The Morgan fingerprint density at radius 2 is 2.22 bits per heavy atom. The van der Waals surface area contributed by atoms with E-state index in [0.29, 0.717) is 6.04 Å². The van der Waals surface area contributed by atoms with Crippen molar-refractivity contribution in [1.29, 1.82) is 0 Å². The van der Waals surface area contributed by atoms with Gasteiger partial charge in [-0.25, -0.2) is 4.98 Å². The third-order valence-electron chi connectivity index (χ3n) is 2.80. The second-order valence-electron chi connectivity index (χ2n) is 4.55. The van der Waals surface area contributed by atoms with Crippen molar-refractivity contribution in [3.63, 3.8) is 0 Å². The number of imidazole rings is 1. The molecule has 0 atom stereocenters. The van der Waals surface area contributed by atoms with E-state index < -0.39 is 5.97 Å². The third kappa shape index (κ3) is 2.59. The van der Waals surface area contributed by atoms with Crippen LogP contribution in [0.1, 0.15) is 25.5 Å². The van der Waals surface area contributed by atoms with Gasteiger partial charge in [0.25, 0.3) is 0 Å². The summed E-state index contributed by atoms with van der Waals surface area (Å²) in [6.45, 7) is 4.18. The molecule has 1 aromatic heterocycles. The van der Waals surface area contributed by atoms with E-state index in [0.717, 1.165) is 16.8 Å². The summed E-state index contributed by atoms with van der Waals surface area (Å²) >= 11 is 0. The average Bonchev–Trinajstić information content (AvgIpc) is 2.77. The number of nitrogens with zero attached hydrogens (tertiary/aromatic N) is 2. The summed E-state index contributed by atoms with van der Waals surface area (Å²) in [5.41, 5.74) is 2.81. The fraction of sp³-hybridized carbons (Fsp3) is 0.286. The Labute approximate surface area is 106 Å². The van der Waals surface area contributed by atoms with Crippen LogP contribution >= 0.6 is 0 Å². The van der Waals surface area contributed by atoms with E-state index in [1.807, 2.05) is 24.3 Å².